The lowest BCUT2D eigenvalue weighted by atomic mass is 10.2. The molecule has 22 heavy (non-hydrogen) atoms. The van der Waals surface area contributed by atoms with Crippen LogP contribution in [-0.4, -0.2) is 45.2 Å². The average molecular weight is 303 g/mol. The van der Waals surface area contributed by atoms with E-state index in [2.05, 4.69) is 21.6 Å². The van der Waals surface area contributed by atoms with Crippen LogP contribution < -0.4 is 20.3 Å². The Morgan fingerprint density at radius 2 is 2.14 bits per heavy atom. The molecule has 0 radical (unpaired) electrons. The van der Waals surface area contributed by atoms with E-state index in [1.54, 1.807) is 7.11 Å². The van der Waals surface area contributed by atoms with Gasteiger partial charge in [0.25, 0.3) is 0 Å². The summed E-state index contributed by atoms with van der Waals surface area (Å²) in [5.74, 6) is 1.80. The first-order valence-electron chi connectivity index (χ1n) is 8.14. The maximum atomic E-state index is 12.0. The molecule has 1 amide bonds. The van der Waals surface area contributed by atoms with Crippen molar-refractivity contribution in [2.75, 3.05) is 38.2 Å². The second kappa shape index (κ2) is 7.01. The number of methoxy groups -OCH3 is 1. The molecule has 1 unspecified atom stereocenters. The lowest BCUT2D eigenvalue weighted by molar-refractivity contribution is -0.120. The molecule has 0 aromatic heterocycles. The molecule has 1 aromatic carbocycles. The van der Waals surface area contributed by atoms with Crippen molar-refractivity contribution < 1.29 is 9.53 Å². The van der Waals surface area contributed by atoms with Gasteiger partial charge in [-0.05, 0) is 43.9 Å². The maximum absolute atomic E-state index is 12.0. The smallest absolute Gasteiger partial charge is 0.234 e. The maximum Gasteiger partial charge on any atom is 0.234 e. The molecule has 1 saturated heterocycles. The zero-order chi connectivity index (χ0) is 15.4. The molecule has 5 nitrogen and oxygen atoms in total. The van der Waals surface area contributed by atoms with Gasteiger partial charge in [-0.1, -0.05) is 12.1 Å². The van der Waals surface area contributed by atoms with Crippen molar-refractivity contribution >= 4 is 11.6 Å². The highest BCUT2D eigenvalue weighted by atomic mass is 16.5. The number of benzene rings is 1. The molecule has 0 bridgehead atoms. The van der Waals surface area contributed by atoms with Crippen molar-refractivity contribution in [2.24, 2.45) is 5.92 Å². The molecule has 2 aliphatic rings. The summed E-state index contributed by atoms with van der Waals surface area (Å²) in [6, 6.07) is 8.26. The second-order valence-corrected chi connectivity index (χ2v) is 6.25. The molecular weight excluding hydrogens is 278 g/mol. The van der Waals surface area contributed by atoms with Crippen LogP contribution in [0.25, 0.3) is 0 Å². The predicted molar refractivity (Wildman–Crippen MR) is 87.3 cm³/mol. The van der Waals surface area contributed by atoms with E-state index < -0.39 is 0 Å². The SMILES string of the molecule is COc1ccccc1N1CCC(NC(=O)CNCC2CC2)C1. The number of nitrogens with zero attached hydrogens (tertiary/aromatic N) is 1. The highest BCUT2D eigenvalue weighted by molar-refractivity contribution is 5.78. The summed E-state index contributed by atoms with van der Waals surface area (Å²) in [5, 5.41) is 6.36. The quantitative estimate of drug-likeness (QED) is 0.799. The summed E-state index contributed by atoms with van der Waals surface area (Å²) in [5.41, 5.74) is 1.11. The molecule has 5 heteroatoms. The van der Waals surface area contributed by atoms with Crippen molar-refractivity contribution in [3.63, 3.8) is 0 Å². The third kappa shape index (κ3) is 3.91. The summed E-state index contributed by atoms with van der Waals surface area (Å²) in [6.45, 7) is 3.20. The van der Waals surface area contributed by atoms with Crippen LogP contribution in [0.15, 0.2) is 24.3 Å². The molecule has 120 valence electrons. The minimum Gasteiger partial charge on any atom is -0.495 e. The van der Waals surface area contributed by atoms with Crippen LogP contribution in [0.2, 0.25) is 0 Å². The Kier molecular flexibility index (Phi) is 4.83. The van der Waals surface area contributed by atoms with E-state index in [-0.39, 0.29) is 11.9 Å². The number of carbonyl (C=O) groups is 1. The number of carbonyl (C=O) groups excluding carboxylic acids is 1. The highest BCUT2D eigenvalue weighted by Gasteiger charge is 2.26. The van der Waals surface area contributed by atoms with E-state index in [0.717, 1.165) is 43.4 Å². The average Bonchev–Trinajstić information content (AvgIpc) is 3.24. The fraction of sp³-hybridized carbons (Fsp3) is 0.588. The number of para-hydroxylation sites is 2. The number of anilines is 1. The number of amides is 1. The van der Waals surface area contributed by atoms with Crippen LogP contribution in [0, 0.1) is 5.92 Å². The van der Waals surface area contributed by atoms with Crippen LogP contribution in [0.3, 0.4) is 0 Å². The lowest BCUT2D eigenvalue weighted by Crippen LogP contribution is -2.42. The summed E-state index contributed by atoms with van der Waals surface area (Å²) < 4.78 is 5.42. The molecule has 1 atom stereocenters. The van der Waals surface area contributed by atoms with Crippen molar-refractivity contribution in [3.8, 4) is 5.75 Å². The minimum atomic E-state index is 0.104. The van der Waals surface area contributed by atoms with Gasteiger partial charge in [0.1, 0.15) is 5.75 Å². The molecule has 2 fully saturated rings. The topological polar surface area (TPSA) is 53.6 Å². The van der Waals surface area contributed by atoms with Crippen LogP contribution in [0.5, 0.6) is 5.75 Å². The Balaban J connectivity index is 1.46. The van der Waals surface area contributed by atoms with E-state index >= 15 is 0 Å². The summed E-state index contributed by atoms with van der Waals surface area (Å²) in [6.07, 6.45) is 3.60. The van der Waals surface area contributed by atoms with E-state index in [1.165, 1.54) is 12.8 Å². The van der Waals surface area contributed by atoms with E-state index in [4.69, 9.17) is 4.74 Å². The largest absolute Gasteiger partial charge is 0.495 e. The van der Waals surface area contributed by atoms with Gasteiger partial charge >= 0.3 is 0 Å². The first-order chi connectivity index (χ1) is 10.8. The third-order valence-electron chi connectivity index (χ3n) is 4.39. The number of hydrogen-bond acceptors (Lipinski definition) is 4. The van der Waals surface area contributed by atoms with Gasteiger partial charge in [0.15, 0.2) is 0 Å². The Morgan fingerprint density at radius 3 is 2.91 bits per heavy atom. The van der Waals surface area contributed by atoms with Crippen molar-refractivity contribution in [2.45, 2.75) is 25.3 Å². The highest BCUT2D eigenvalue weighted by Crippen LogP contribution is 2.30. The molecule has 2 N–H and O–H groups in total. The number of ether oxygens (including phenoxy) is 1. The monoisotopic (exact) mass is 303 g/mol. The molecule has 1 saturated carbocycles. The van der Waals surface area contributed by atoms with Gasteiger partial charge in [-0.25, -0.2) is 0 Å². The van der Waals surface area contributed by atoms with Gasteiger partial charge in [-0.2, -0.15) is 0 Å². The van der Waals surface area contributed by atoms with Crippen molar-refractivity contribution in [1.82, 2.24) is 10.6 Å². The first-order valence-corrected chi connectivity index (χ1v) is 8.14. The molecule has 0 spiro atoms. The molecule has 1 aromatic rings. The first kappa shape index (κ1) is 15.2. The normalized spacial score (nSPS) is 21.0. The lowest BCUT2D eigenvalue weighted by Gasteiger charge is -2.21. The van der Waals surface area contributed by atoms with E-state index in [0.29, 0.717) is 6.54 Å². The van der Waals surface area contributed by atoms with Gasteiger partial charge < -0.3 is 20.3 Å². The van der Waals surface area contributed by atoms with Gasteiger partial charge in [0, 0.05) is 19.1 Å². The van der Waals surface area contributed by atoms with Gasteiger partial charge in [-0.3, -0.25) is 4.79 Å². The van der Waals surface area contributed by atoms with Crippen LogP contribution in [0.4, 0.5) is 5.69 Å². The van der Waals surface area contributed by atoms with Gasteiger partial charge in [0.05, 0.1) is 19.3 Å². The molecule has 1 aliphatic carbocycles. The van der Waals surface area contributed by atoms with Gasteiger partial charge in [0.2, 0.25) is 5.91 Å². The zero-order valence-electron chi connectivity index (χ0n) is 13.2. The number of hydrogen-bond donors (Lipinski definition) is 2. The predicted octanol–water partition coefficient (Wildman–Crippen LogP) is 1.39. The number of nitrogens with one attached hydrogen (secondary N) is 2. The summed E-state index contributed by atoms with van der Waals surface area (Å²) in [7, 11) is 1.69. The Hall–Kier alpha value is -1.75. The fourth-order valence-electron chi connectivity index (χ4n) is 2.98. The Bertz CT molecular complexity index is 516. The number of rotatable bonds is 7. The van der Waals surface area contributed by atoms with Crippen molar-refractivity contribution in [1.29, 1.82) is 0 Å². The fourth-order valence-corrected chi connectivity index (χ4v) is 2.98. The van der Waals surface area contributed by atoms with Crippen LogP contribution in [-0.2, 0) is 4.79 Å². The summed E-state index contributed by atoms with van der Waals surface area (Å²) in [4.78, 5) is 14.2. The molecule has 3 rings (SSSR count). The molecule has 1 heterocycles. The van der Waals surface area contributed by atoms with Crippen LogP contribution >= 0.6 is 0 Å². The van der Waals surface area contributed by atoms with Crippen LogP contribution in [0.1, 0.15) is 19.3 Å². The zero-order valence-corrected chi connectivity index (χ0v) is 13.2. The standard InChI is InChI=1S/C17H25N3O2/c1-22-16-5-3-2-4-15(16)20-9-8-14(12-20)19-17(21)11-18-10-13-6-7-13/h2-5,13-14,18H,6-12H2,1H3,(H,19,21). The summed E-state index contributed by atoms with van der Waals surface area (Å²) >= 11 is 0. The Labute approximate surface area is 132 Å². The third-order valence-corrected chi connectivity index (χ3v) is 4.39. The molecular formula is C17H25N3O2. The molecule has 1 aliphatic heterocycles. The van der Waals surface area contributed by atoms with E-state index in [9.17, 15) is 4.79 Å². The van der Waals surface area contributed by atoms with Crippen molar-refractivity contribution in [3.05, 3.63) is 24.3 Å². The van der Waals surface area contributed by atoms with Gasteiger partial charge in [-0.15, -0.1) is 0 Å². The Morgan fingerprint density at radius 1 is 1.32 bits per heavy atom. The van der Waals surface area contributed by atoms with E-state index in [1.807, 2.05) is 18.2 Å². The second-order valence-electron chi connectivity index (χ2n) is 6.25. The minimum absolute atomic E-state index is 0.104.